The van der Waals surface area contributed by atoms with E-state index in [1.165, 1.54) is 17.5 Å². The van der Waals surface area contributed by atoms with E-state index in [2.05, 4.69) is 35.2 Å². The summed E-state index contributed by atoms with van der Waals surface area (Å²) in [6.07, 6.45) is 5.36. The Hall–Kier alpha value is -1.12. The van der Waals surface area contributed by atoms with Crippen LogP contribution in [0.2, 0.25) is 0 Å². The Kier molecular flexibility index (Phi) is 3.54. The van der Waals surface area contributed by atoms with Gasteiger partial charge in [0.25, 0.3) is 0 Å². The van der Waals surface area contributed by atoms with Crippen LogP contribution in [0.15, 0.2) is 36.4 Å². The Morgan fingerprint density at radius 2 is 2.00 bits per heavy atom. The molecule has 2 nitrogen and oxygen atoms in total. The van der Waals surface area contributed by atoms with Crippen LogP contribution >= 0.6 is 0 Å². The van der Waals surface area contributed by atoms with Crippen molar-refractivity contribution in [1.29, 1.82) is 0 Å². The van der Waals surface area contributed by atoms with E-state index < -0.39 is 0 Å². The standard InChI is InChI=1S/C13H18N2/c14-8-3-4-9-15-10-7-12-5-1-2-6-13(12)11-15/h1-6H,7-11,14H2. The fourth-order valence-electron chi connectivity index (χ4n) is 2.03. The number of fused-ring (bicyclic) bond motifs is 1. The summed E-state index contributed by atoms with van der Waals surface area (Å²) in [6, 6.07) is 8.72. The molecule has 2 rings (SSSR count). The summed E-state index contributed by atoms with van der Waals surface area (Å²) in [7, 11) is 0. The number of nitrogens with two attached hydrogens (primary N) is 1. The highest BCUT2D eigenvalue weighted by Gasteiger charge is 2.13. The van der Waals surface area contributed by atoms with Gasteiger partial charge >= 0.3 is 0 Å². The number of benzene rings is 1. The number of rotatable bonds is 3. The van der Waals surface area contributed by atoms with E-state index in [4.69, 9.17) is 5.73 Å². The van der Waals surface area contributed by atoms with Gasteiger partial charge in [-0.25, -0.2) is 0 Å². The largest absolute Gasteiger partial charge is 0.327 e. The minimum Gasteiger partial charge on any atom is -0.327 e. The number of nitrogens with zero attached hydrogens (tertiary/aromatic N) is 1. The van der Waals surface area contributed by atoms with Gasteiger partial charge in [-0.05, 0) is 17.5 Å². The molecular weight excluding hydrogens is 184 g/mol. The summed E-state index contributed by atoms with van der Waals surface area (Å²) < 4.78 is 0. The highest BCUT2D eigenvalue weighted by atomic mass is 15.1. The summed E-state index contributed by atoms with van der Waals surface area (Å²) in [4.78, 5) is 2.45. The smallest absolute Gasteiger partial charge is 0.0239 e. The molecule has 0 saturated heterocycles. The van der Waals surface area contributed by atoms with Crippen molar-refractivity contribution in [2.24, 2.45) is 5.73 Å². The summed E-state index contributed by atoms with van der Waals surface area (Å²) in [5.74, 6) is 0. The van der Waals surface area contributed by atoms with Crippen LogP contribution in [0.5, 0.6) is 0 Å². The summed E-state index contributed by atoms with van der Waals surface area (Å²) in [5.41, 5.74) is 8.40. The summed E-state index contributed by atoms with van der Waals surface area (Å²) in [5, 5.41) is 0. The molecule has 1 aromatic rings. The molecule has 0 atom stereocenters. The van der Waals surface area contributed by atoms with Crippen LogP contribution in [0.3, 0.4) is 0 Å². The van der Waals surface area contributed by atoms with Gasteiger partial charge in [0.1, 0.15) is 0 Å². The van der Waals surface area contributed by atoms with Gasteiger partial charge in [-0.3, -0.25) is 4.90 Å². The summed E-state index contributed by atoms with van der Waals surface area (Å²) >= 11 is 0. The van der Waals surface area contributed by atoms with Gasteiger partial charge in [-0.1, -0.05) is 36.4 Å². The Morgan fingerprint density at radius 3 is 2.80 bits per heavy atom. The minimum atomic E-state index is 0.643. The SMILES string of the molecule is NCC=CCN1CCc2ccccc2C1. The van der Waals surface area contributed by atoms with E-state index in [1.54, 1.807) is 0 Å². The lowest BCUT2D eigenvalue weighted by atomic mass is 10.00. The zero-order chi connectivity index (χ0) is 10.5. The van der Waals surface area contributed by atoms with Crippen LogP contribution in [0.4, 0.5) is 0 Å². The van der Waals surface area contributed by atoms with Crippen LogP contribution in [0, 0.1) is 0 Å². The van der Waals surface area contributed by atoms with Crippen molar-refractivity contribution < 1.29 is 0 Å². The van der Waals surface area contributed by atoms with Crippen LogP contribution < -0.4 is 5.73 Å². The maximum Gasteiger partial charge on any atom is 0.0239 e. The monoisotopic (exact) mass is 202 g/mol. The van der Waals surface area contributed by atoms with E-state index in [9.17, 15) is 0 Å². The summed E-state index contributed by atoms with van der Waals surface area (Å²) in [6.45, 7) is 3.90. The predicted molar refractivity (Wildman–Crippen MR) is 63.6 cm³/mol. The van der Waals surface area contributed by atoms with Crippen LogP contribution in [0.25, 0.3) is 0 Å². The Morgan fingerprint density at radius 1 is 1.20 bits per heavy atom. The first-order chi connectivity index (χ1) is 7.40. The van der Waals surface area contributed by atoms with Gasteiger partial charge in [0.15, 0.2) is 0 Å². The first-order valence-electron chi connectivity index (χ1n) is 5.54. The first-order valence-corrected chi connectivity index (χ1v) is 5.54. The van der Waals surface area contributed by atoms with Gasteiger partial charge in [-0.15, -0.1) is 0 Å². The van der Waals surface area contributed by atoms with Gasteiger partial charge in [0.05, 0.1) is 0 Å². The first kappa shape index (κ1) is 10.4. The lowest BCUT2D eigenvalue weighted by Gasteiger charge is -2.27. The van der Waals surface area contributed by atoms with Gasteiger partial charge < -0.3 is 5.73 Å². The normalized spacial score (nSPS) is 16.9. The Bertz CT molecular complexity index is 344. The van der Waals surface area contributed by atoms with E-state index >= 15 is 0 Å². The van der Waals surface area contributed by atoms with Crippen molar-refractivity contribution >= 4 is 0 Å². The molecule has 0 bridgehead atoms. The maximum absolute atomic E-state index is 5.42. The zero-order valence-corrected chi connectivity index (χ0v) is 9.02. The van der Waals surface area contributed by atoms with Crippen LogP contribution in [0.1, 0.15) is 11.1 Å². The van der Waals surface area contributed by atoms with E-state index in [1.807, 2.05) is 6.08 Å². The van der Waals surface area contributed by atoms with E-state index in [-0.39, 0.29) is 0 Å². The Labute approximate surface area is 91.4 Å². The van der Waals surface area contributed by atoms with Gasteiger partial charge in [0, 0.05) is 26.2 Å². The average Bonchev–Trinajstić information content (AvgIpc) is 2.29. The molecule has 0 amide bonds. The molecular formula is C13H18N2. The second-order valence-corrected chi connectivity index (χ2v) is 3.96. The molecule has 0 aromatic heterocycles. The van der Waals surface area contributed by atoms with E-state index in [0.717, 1.165) is 19.6 Å². The van der Waals surface area contributed by atoms with Crippen molar-refractivity contribution in [2.45, 2.75) is 13.0 Å². The molecule has 0 unspecified atom stereocenters. The van der Waals surface area contributed by atoms with Crippen molar-refractivity contribution in [1.82, 2.24) is 4.90 Å². The quantitative estimate of drug-likeness (QED) is 0.754. The average molecular weight is 202 g/mol. The van der Waals surface area contributed by atoms with Crippen molar-refractivity contribution in [3.05, 3.63) is 47.5 Å². The fraction of sp³-hybridized carbons (Fsp3) is 0.385. The molecule has 80 valence electrons. The molecule has 15 heavy (non-hydrogen) atoms. The zero-order valence-electron chi connectivity index (χ0n) is 9.02. The second-order valence-electron chi connectivity index (χ2n) is 3.96. The molecule has 0 saturated carbocycles. The molecule has 0 spiro atoms. The third-order valence-corrected chi connectivity index (χ3v) is 2.88. The van der Waals surface area contributed by atoms with Crippen molar-refractivity contribution in [3.63, 3.8) is 0 Å². The minimum absolute atomic E-state index is 0.643. The molecule has 0 radical (unpaired) electrons. The Balaban J connectivity index is 1.96. The molecule has 2 heteroatoms. The molecule has 1 aliphatic heterocycles. The predicted octanol–water partition coefficient (Wildman–Crippen LogP) is 1.56. The van der Waals surface area contributed by atoms with Crippen molar-refractivity contribution in [2.75, 3.05) is 19.6 Å². The van der Waals surface area contributed by atoms with Crippen LogP contribution in [-0.4, -0.2) is 24.5 Å². The number of hydrogen-bond donors (Lipinski definition) is 1. The molecule has 0 aliphatic carbocycles. The maximum atomic E-state index is 5.42. The lowest BCUT2D eigenvalue weighted by molar-refractivity contribution is 0.282. The van der Waals surface area contributed by atoms with Gasteiger partial charge in [-0.2, -0.15) is 0 Å². The second kappa shape index (κ2) is 5.10. The topological polar surface area (TPSA) is 29.3 Å². The van der Waals surface area contributed by atoms with E-state index in [0.29, 0.717) is 6.54 Å². The molecule has 0 fully saturated rings. The van der Waals surface area contributed by atoms with Crippen LogP contribution in [-0.2, 0) is 13.0 Å². The number of hydrogen-bond acceptors (Lipinski definition) is 2. The molecule has 1 heterocycles. The fourth-order valence-corrected chi connectivity index (χ4v) is 2.03. The molecule has 1 aromatic carbocycles. The highest BCUT2D eigenvalue weighted by Crippen LogP contribution is 2.17. The van der Waals surface area contributed by atoms with Crippen molar-refractivity contribution in [3.8, 4) is 0 Å². The third kappa shape index (κ3) is 2.67. The lowest BCUT2D eigenvalue weighted by Crippen LogP contribution is -2.30. The highest BCUT2D eigenvalue weighted by molar-refractivity contribution is 5.29. The third-order valence-electron chi connectivity index (χ3n) is 2.88. The van der Waals surface area contributed by atoms with Gasteiger partial charge in [0.2, 0.25) is 0 Å². The molecule has 1 aliphatic rings. The molecule has 2 N–H and O–H groups in total.